The first-order valence-corrected chi connectivity index (χ1v) is 11.6. The van der Waals surface area contributed by atoms with E-state index >= 15 is 0 Å². The number of aromatic nitrogens is 4. The minimum atomic E-state index is -2.95. The topological polar surface area (TPSA) is 91.2 Å². The van der Waals surface area contributed by atoms with Crippen LogP contribution in [0.2, 0.25) is 0 Å². The molecule has 0 unspecified atom stereocenters. The second kappa shape index (κ2) is 10.6. The monoisotopic (exact) mass is 499 g/mol. The van der Waals surface area contributed by atoms with Crippen molar-refractivity contribution in [3.05, 3.63) is 65.4 Å². The van der Waals surface area contributed by atoms with Gasteiger partial charge in [0.25, 0.3) is 0 Å². The Balaban J connectivity index is 1.68. The number of hydrogen-bond donors (Lipinski definition) is 1. The molecule has 0 fully saturated rings. The fraction of sp³-hybridized carbons (Fsp3) is 0.250. The number of pyridine rings is 2. The molecule has 4 rings (SSSR count). The van der Waals surface area contributed by atoms with Crippen molar-refractivity contribution in [1.82, 2.24) is 19.7 Å². The number of alkyl halides is 2. The number of rotatable bonds is 9. The molecular formula is C24H23F2N5O3S. The van der Waals surface area contributed by atoms with Crippen molar-refractivity contribution in [1.29, 1.82) is 0 Å². The lowest BCUT2D eigenvalue weighted by Gasteiger charge is -2.10. The first kappa shape index (κ1) is 24.3. The Morgan fingerprint density at radius 2 is 2.00 bits per heavy atom. The Morgan fingerprint density at radius 3 is 2.63 bits per heavy atom. The molecule has 0 spiro atoms. The lowest BCUT2D eigenvalue weighted by molar-refractivity contribution is -0.0528. The maximum absolute atomic E-state index is 12.5. The van der Waals surface area contributed by atoms with Crippen molar-refractivity contribution >= 4 is 28.9 Å². The molecular weight excluding hydrogens is 476 g/mol. The molecule has 4 heterocycles. The van der Waals surface area contributed by atoms with Crippen molar-refractivity contribution in [3.8, 4) is 22.0 Å². The van der Waals surface area contributed by atoms with Crippen LogP contribution in [0.25, 0.3) is 16.1 Å². The molecule has 0 radical (unpaired) electrons. The fourth-order valence-electron chi connectivity index (χ4n) is 3.46. The minimum Gasteiger partial charge on any atom is -0.465 e. The molecule has 0 atom stereocenters. The van der Waals surface area contributed by atoms with Gasteiger partial charge in [0.2, 0.25) is 5.88 Å². The molecule has 0 aliphatic rings. The first-order chi connectivity index (χ1) is 16.8. The fourth-order valence-corrected chi connectivity index (χ4v) is 4.16. The van der Waals surface area contributed by atoms with Gasteiger partial charge in [-0.2, -0.15) is 8.78 Å². The van der Waals surface area contributed by atoms with Crippen molar-refractivity contribution in [3.63, 3.8) is 0 Å². The van der Waals surface area contributed by atoms with E-state index in [0.29, 0.717) is 29.7 Å². The number of thiophene rings is 1. The average Bonchev–Trinajstić information content (AvgIpc) is 3.49. The SMILES string of the molecule is COC(=O)c1cc(-c2cccs2)cnc1Nc1cc(CC(C)C)n(-c2ccc(OC(F)F)nc2)n1. The highest BCUT2D eigenvalue weighted by atomic mass is 32.1. The van der Waals surface area contributed by atoms with Gasteiger partial charge in [-0.25, -0.2) is 19.4 Å². The number of carbonyl (C=O) groups is 1. The summed E-state index contributed by atoms with van der Waals surface area (Å²) in [5.74, 6) is 0.366. The van der Waals surface area contributed by atoms with Crippen LogP contribution < -0.4 is 10.1 Å². The maximum Gasteiger partial charge on any atom is 0.388 e. The normalized spacial score (nSPS) is 11.2. The van der Waals surface area contributed by atoms with Crippen LogP contribution in [0.4, 0.5) is 20.4 Å². The van der Waals surface area contributed by atoms with Crippen molar-refractivity contribution in [2.45, 2.75) is 26.9 Å². The maximum atomic E-state index is 12.5. The number of nitrogens with one attached hydrogen (secondary N) is 1. The number of anilines is 2. The lowest BCUT2D eigenvalue weighted by Crippen LogP contribution is -2.09. The van der Waals surface area contributed by atoms with Crippen LogP contribution in [0, 0.1) is 5.92 Å². The number of methoxy groups -OCH3 is 1. The predicted molar refractivity (Wildman–Crippen MR) is 129 cm³/mol. The van der Waals surface area contributed by atoms with Crippen LogP contribution in [0.5, 0.6) is 5.88 Å². The molecule has 0 amide bonds. The number of nitrogens with zero attached hydrogens (tertiary/aromatic N) is 4. The second-order valence-corrected chi connectivity index (χ2v) is 8.93. The summed E-state index contributed by atoms with van der Waals surface area (Å²) in [7, 11) is 1.31. The standard InChI is InChI=1S/C24H23F2N5O3S/c1-14(2)9-17-11-20(30-31(17)16-6-7-21(27-13-16)34-24(25)26)29-22-18(23(32)33-3)10-15(12-28-22)19-5-4-8-35-19/h4-8,10-14,24H,9H2,1-3H3,(H,28,29,30). The second-order valence-electron chi connectivity index (χ2n) is 7.98. The van der Waals surface area contributed by atoms with Gasteiger partial charge < -0.3 is 14.8 Å². The van der Waals surface area contributed by atoms with E-state index in [-0.39, 0.29) is 11.4 Å². The molecule has 0 bridgehead atoms. The quantitative estimate of drug-likeness (QED) is 0.295. The molecule has 0 aromatic carbocycles. The molecule has 0 saturated carbocycles. The summed E-state index contributed by atoms with van der Waals surface area (Å²) < 4.78 is 35.9. The van der Waals surface area contributed by atoms with E-state index in [4.69, 9.17) is 4.74 Å². The van der Waals surface area contributed by atoms with Crippen LogP contribution in [0.15, 0.2) is 54.2 Å². The average molecular weight is 500 g/mol. The molecule has 182 valence electrons. The highest BCUT2D eigenvalue weighted by Crippen LogP contribution is 2.29. The highest BCUT2D eigenvalue weighted by Gasteiger charge is 2.18. The summed E-state index contributed by atoms with van der Waals surface area (Å²) >= 11 is 1.54. The number of ether oxygens (including phenoxy) is 2. The van der Waals surface area contributed by atoms with Gasteiger partial charge in [-0.15, -0.1) is 16.4 Å². The summed E-state index contributed by atoms with van der Waals surface area (Å²) in [5.41, 5.74) is 2.51. The van der Waals surface area contributed by atoms with Crippen molar-refractivity contribution in [2.24, 2.45) is 5.92 Å². The van der Waals surface area contributed by atoms with Gasteiger partial charge in [-0.1, -0.05) is 19.9 Å². The first-order valence-electron chi connectivity index (χ1n) is 10.7. The van der Waals surface area contributed by atoms with E-state index in [9.17, 15) is 13.6 Å². The molecule has 35 heavy (non-hydrogen) atoms. The third kappa shape index (κ3) is 5.80. The summed E-state index contributed by atoms with van der Waals surface area (Å²) in [6, 6.07) is 10.4. The van der Waals surface area contributed by atoms with E-state index in [0.717, 1.165) is 16.1 Å². The van der Waals surface area contributed by atoms with Crippen molar-refractivity contribution < 1.29 is 23.0 Å². The minimum absolute atomic E-state index is 0.183. The Labute approximate surface area is 204 Å². The number of hydrogen-bond acceptors (Lipinski definition) is 8. The Kier molecular flexibility index (Phi) is 7.35. The molecule has 4 aromatic heterocycles. The zero-order valence-electron chi connectivity index (χ0n) is 19.2. The van der Waals surface area contributed by atoms with Gasteiger partial charge in [-0.3, -0.25) is 0 Å². The Hall–Kier alpha value is -3.86. The summed E-state index contributed by atoms with van der Waals surface area (Å²) in [6.07, 6.45) is 3.78. The van der Waals surface area contributed by atoms with E-state index in [1.54, 1.807) is 34.3 Å². The molecule has 0 aliphatic heterocycles. The van der Waals surface area contributed by atoms with Crippen LogP contribution in [-0.2, 0) is 11.2 Å². The van der Waals surface area contributed by atoms with Crippen LogP contribution in [0.3, 0.4) is 0 Å². The van der Waals surface area contributed by atoms with Crippen LogP contribution >= 0.6 is 11.3 Å². The number of halogens is 2. The third-order valence-electron chi connectivity index (χ3n) is 4.92. The van der Waals surface area contributed by atoms with Gasteiger partial charge in [0, 0.05) is 34.5 Å². The molecule has 4 aromatic rings. The van der Waals surface area contributed by atoms with Gasteiger partial charge in [0.1, 0.15) is 11.4 Å². The summed E-state index contributed by atoms with van der Waals surface area (Å²) in [4.78, 5) is 21.9. The van der Waals surface area contributed by atoms with E-state index in [1.165, 1.54) is 19.4 Å². The van der Waals surface area contributed by atoms with E-state index in [1.807, 2.05) is 23.6 Å². The molecule has 0 aliphatic carbocycles. The number of esters is 1. The largest absolute Gasteiger partial charge is 0.465 e. The lowest BCUT2D eigenvalue weighted by atomic mass is 10.1. The van der Waals surface area contributed by atoms with Gasteiger partial charge in [-0.05, 0) is 35.9 Å². The van der Waals surface area contributed by atoms with Crippen LogP contribution in [-0.4, -0.2) is 39.4 Å². The summed E-state index contributed by atoms with van der Waals surface area (Å²) in [6.45, 7) is 1.19. The van der Waals surface area contributed by atoms with Gasteiger partial charge in [0.15, 0.2) is 5.82 Å². The predicted octanol–water partition coefficient (Wildman–Crippen LogP) is 5.72. The van der Waals surface area contributed by atoms with Crippen molar-refractivity contribution in [2.75, 3.05) is 12.4 Å². The smallest absolute Gasteiger partial charge is 0.388 e. The van der Waals surface area contributed by atoms with E-state index in [2.05, 4.69) is 39.0 Å². The van der Waals surface area contributed by atoms with E-state index < -0.39 is 12.6 Å². The zero-order chi connectivity index (χ0) is 24.9. The Morgan fingerprint density at radius 1 is 1.17 bits per heavy atom. The van der Waals surface area contributed by atoms with Gasteiger partial charge in [0.05, 0.1) is 19.0 Å². The molecule has 0 saturated heterocycles. The third-order valence-corrected chi connectivity index (χ3v) is 5.84. The highest BCUT2D eigenvalue weighted by molar-refractivity contribution is 7.13. The van der Waals surface area contributed by atoms with Gasteiger partial charge >= 0.3 is 12.6 Å². The molecule has 8 nitrogen and oxygen atoms in total. The Bertz CT molecular complexity index is 1290. The molecule has 11 heteroatoms. The summed E-state index contributed by atoms with van der Waals surface area (Å²) in [5, 5.41) is 9.67. The number of carbonyl (C=O) groups excluding carboxylic acids is 1. The van der Waals surface area contributed by atoms with Crippen LogP contribution in [0.1, 0.15) is 29.9 Å². The molecule has 1 N–H and O–H groups in total. The zero-order valence-corrected chi connectivity index (χ0v) is 20.1.